The Kier molecular flexibility index (Phi) is 7.47. The van der Waals surface area contributed by atoms with Crippen LogP contribution in [0.2, 0.25) is 0 Å². The highest BCUT2D eigenvalue weighted by Crippen LogP contribution is 2.33. The zero-order chi connectivity index (χ0) is 26.0. The maximum Gasteiger partial charge on any atom is 0.254 e. The zero-order valence-electron chi connectivity index (χ0n) is 21.5. The molecule has 2 unspecified atom stereocenters. The molecule has 0 aromatic heterocycles. The molecule has 3 aromatic carbocycles. The number of hydrogen-bond acceptors (Lipinski definition) is 4. The van der Waals surface area contributed by atoms with Gasteiger partial charge in [-0.05, 0) is 60.9 Å². The largest absolute Gasteiger partial charge is 0.338 e. The van der Waals surface area contributed by atoms with E-state index in [4.69, 9.17) is 0 Å². The van der Waals surface area contributed by atoms with Gasteiger partial charge in [-0.15, -0.1) is 0 Å². The third-order valence-corrected chi connectivity index (χ3v) is 9.32. The molecule has 0 saturated carbocycles. The fourth-order valence-electron chi connectivity index (χ4n) is 5.89. The molecule has 0 spiro atoms. The minimum Gasteiger partial charge on any atom is -0.338 e. The molecule has 3 atom stereocenters. The Morgan fingerprint density at radius 3 is 2.00 bits per heavy atom. The highest BCUT2D eigenvalue weighted by atomic mass is 32.2. The SMILES string of the molecule is Cc1cccc(C)c1C(=O)N1CC2CN(CC[C@H](NS(=O)(=O)c3ccccc3)c3ccccc3)CC2C1. The molecular formula is C30H35N3O3S. The summed E-state index contributed by atoms with van der Waals surface area (Å²) < 4.78 is 29.1. The number of carbonyl (C=O) groups excluding carboxylic acids is 1. The van der Waals surface area contributed by atoms with Crippen molar-refractivity contribution in [2.24, 2.45) is 11.8 Å². The predicted octanol–water partition coefficient (Wildman–Crippen LogP) is 4.42. The number of sulfonamides is 1. The van der Waals surface area contributed by atoms with E-state index in [-0.39, 0.29) is 16.8 Å². The van der Waals surface area contributed by atoms with Crippen molar-refractivity contribution in [1.29, 1.82) is 0 Å². The van der Waals surface area contributed by atoms with E-state index >= 15 is 0 Å². The Morgan fingerprint density at radius 2 is 1.41 bits per heavy atom. The Bertz CT molecular complexity index is 1310. The summed E-state index contributed by atoms with van der Waals surface area (Å²) in [5, 5.41) is 0. The molecule has 1 N–H and O–H groups in total. The summed E-state index contributed by atoms with van der Waals surface area (Å²) in [7, 11) is -3.63. The van der Waals surface area contributed by atoms with Gasteiger partial charge in [-0.25, -0.2) is 13.1 Å². The summed E-state index contributed by atoms with van der Waals surface area (Å²) in [6.07, 6.45) is 0.681. The maximum atomic E-state index is 13.3. The van der Waals surface area contributed by atoms with Crippen LogP contribution >= 0.6 is 0 Å². The normalized spacial score (nSPS) is 20.6. The lowest BCUT2D eigenvalue weighted by molar-refractivity contribution is 0.0772. The van der Waals surface area contributed by atoms with Crippen LogP contribution in [0.4, 0.5) is 0 Å². The Labute approximate surface area is 220 Å². The average molecular weight is 518 g/mol. The highest BCUT2D eigenvalue weighted by Gasteiger charge is 2.42. The lowest BCUT2D eigenvalue weighted by atomic mass is 10.0. The van der Waals surface area contributed by atoms with Gasteiger partial charge in [0.2, 0.25) is 10.0 Å². The molecule has 0 bridgehead atoms. The van der Waals surface area contributed by atoms with Gasteiger partial charge in [-0.2, -0.15) is 0 Å². The second-order valence-corrected chi connectivity index (χ2v) is 12.2. The number of benzene rings is 3. The van der Waals surface area contributed by atoms with Gasteiger partial charge in [-0.3, -0.25) is 4.79 Å². The first-order chi connectivity index (χ1) is 17.8. The predicted molar refractivity (Wildman–Crippen MR) is 146 cm³/mol. The zero-order valence-corrected chi connectivity index (χ0v) is 22.3. The van der Waals surface area contributed by atoms with Gasteiger partial charge < -0.3 is 9.80 Å². The quantitative estimate of drug-likeness (QED) is 0.480. The van der Waals surface area contributed by atoms with Crippen LogP contribution in [-0.2, 0) is 10.0 Å². The third-order valence-electron chi connectivity index (χ3n) is 7.83. The lowest BCUT2D eigenvalue weighted by Gasteiger charge is -2.25. The number of rotatable bonds is 8. The number of hydrogen-bond donors (Lipinski definition) is 1. The van der Waals surface area contributed by atoms with Gasteiger partial charge in [0.15, 0.2) is 0 Å². The first-order valence-corrected chi connectivity index (χ1v) is 14.5. The molecule has 7 heteroatoms. The third kappa shape index (κ3) is 5.64. The van der Waals surface area contributed by atoms with E-state index in [1.165, 1.54) is 0 Å². The lowest BCUT2D eigenvalue weighted by Crippen LogP contribution is -2.35. The van der Waals surface area contributed by atoms with Gasteiger partial charge in [-0.1, -0.05) is 66.7 Å². The molecule has 2 saturated heterocycles. The van der Waals surface area contributed by atoms with Crippen molar-refractivity contribution in [3.05, 3.63) is 101 Å². The van der Waals surface area contributed by atoms with Crippen molar-refractivity contribution in [3.63, 3.8) is 0 Å². The molecule has 2 fully saturated rings. The number of aryl methyl sites for hydroxylation is 2. The van der Waals surface area contributed by atoms with Gasteiger partial charge in [0.1, 0.15) is 0 Å². The molecule has 37 heavy (non-hydrogen) atoms. The van der Waals surface area contributed by atoms with Crippen LogP contribution in [0.1, 0.15) is 39.5 Å². The molecule has 0 aliphatic carbocycles. The summed E-state index contributed by atoms with van der Waals surface area (Å²) in [6, 6.07) is 24.0. The van der Waals surface area contributed by atoms with Gasteiger partial charge in [0.25, 0.3) is 5.91 Å². The summed E-state index contributed by atoms with van der Waals surface area (Å²) in [6.45, 7) is 8.27. The highest BCUT2D eigenvalue weighted by molar-refractivity contribution is 7.89. The molecule has 194 valence electrons. The topological polar surface area (TPSA) is 69.7 Å². The van der Waals surface area contributed by atoms with E-state index in [1.807, 2.05) is 73.3 Å². The molecule has 2 aliphatic rings. The summed E-state index contributed by atoms with van der Waals surface area (Å²) in [5.41, 5.74) is 3.88. The van der Waals surface area contributed by atoms with Crippen molar-refractivity contribution < 1.29 is 13.2 Å². The average Bonchev–Trinajstić information content (AvgIpc) is 3.46. The fourth-order valence-corrected chi connectivity index (χ4v) is 7.17. The Morgan fingerprint density at radius 1 is 0.838 bits per heavy atom. The van der Waals surface area contributed by atoms with E-state index in [0.29, 0.717) is 18.3 Å². The second-order valence-electron chi connectivity index (χ2n) is 10.4. The van der Waals surface area contributed by atoms with Crippen LogP contribution in [0, 0.1) is 25.7 Å². The van der Waals surface area contributed by atoms with Crippen molar-refractivity contribution in [1.82, 2.24) is 14.5 Å². The number of carbonyl (C=O) groups is 1. The van der Waals surface area contributed by atoms with E-state index in [9.17, 15) is 13.2 Å². The van der Waals surface area contributed by atoms with Crippen LogP contribution < -0.4 is 4.72 Å². The number of fused-ring (bicyclic) bond motifs is 1. The molecule has 5 rings (SSSR count). The first kappa shape index (κ1) is 25.6. The van der Waals surface area contributed by atoms with Crippen LogP contribution in [-0.4, -0.2) is 56.8 Å². The van der Waals surface area contributed by atoms with E-state index in [0.717, 1.165) is 55.0 Å². The second kappa shape index (κ2) is 10.8. The number of nitrogens with zero attached hydrogens (tertiary/aromatic N) is 2. The van der Waals surface area contributed by atoms with E-state index in [1.54, 1.807) is 24.3 Å². The molecule has 2 aliphatic heterocycles. The molecule has 0 radical (unpaired) electrons. The minimum atomic E-state index is -3.63. The standard InChI is InChI=1S/C30H35N3O3S/c1-22-10-9-11-23(2)29(22)30(34)33-20-25-18-32(19-26(25)21-33)17-16-28(24-12-5-3-6-13-24)31-37(35,36)27-14-7-4-8-15-27/h3-15,25-26,28,31H,16-21H2,1-2H3/t25?,26?,28-/m0/s1. The van der Waals surface area contributed by atoms with Crippen LogP contribution in [0.15, 0.2) is 83.8 Å². The molecule has 1 amide bonds. The summed E-state index contributed by atoms with van der Waals surface area (Å²) in [4.78, 5) is 18.0. The summed E-state index contributed by atoms with van der Waals surface area (Å²) >= 11 is 0. The van der Waals surface area contributed by atoms with Crippen LogP contribution in [0.3, 0.4) is 0 Å². The number of nitrogens with one attached hydrogen (secondary N) is 1. The smallest absolute Gasteiger partial charge is 0.254 e. The van der Waals surface area contributed by atoms with Crippen LogP contribution in [0.25, 0.3) is 0 Å². The van der Waals surface area contributed by atoms with Gasteiger partial charge in [0.05, 0.1) is 4.90 Å². The van der Waals surface area contributed by atoms with Gasteiger partial charge in [0, 0.05) is 44.3 Å². The van der Waals surface area contributed by atoms with E-state index < -0.39 is 10.0 Å². The van der Waals surface area contributed by atoms with E-state index in [2.05, 4.69) is 9.62 Å². The summed E-state index contributed by atoms with van der Waals surface area (Å²) in [5.74, 6) is 1.07. The Balaban J connectivity index is 1.21. The molecule has 3 aromatic rings. The molecule has 2 heterocycles. The maximum absolute atomic E-state index is 13.3. The molecule has 6 nitrogen and oxygen atoms in total. The molecular weight excluding hydrogens is 482 g/mol. The van der Waals surface area contributed by atoms with Crippen molar-refractivity contribution in [2.45, 2.75) is 31.2 Å². The van der Waals surface area contributed by atoms with Gasteiger partial charge >= 0.3 is 0 Å². The van der Waals surface area contributed by atoms with Crippen molar-refractivity contribution in [2.75, 3.05) is 32.7 Å². The number of likely N-dealkylation sites (tertiary alicyclic amines) is 2. The minimum absolute atomic E-state index is 0.149. The van der Waals surface area contributed by atoms with Crippen LogP contribution in [0.5, 0.6) is 0 Å². The number of amides is 1. The first-order valence-electron chi connectivity index (χ1n) is 13.0. The monoisotopic (exact) mass is 517 g/mol. The van der Waals surface area contributed by atoms with Crippen molar-refractivity contribution in [3.8, 4) is 0 Å². The fraction of sp³-hybridized carbons (Fsp3) is 0.367. The Hall–Kier alpha value is -3.00. The van der Waals surface area contributed by atoms with Crippen molar-refractivity contribution >= 4 is 15.9 Å².